The molecule has 1 amide bonds. The first-order valence-corrected chi connectivity index (χ1v) is 7.79. The van der Waals surface area contributed by atoms with Gasteiger partial charge < -0.3 is 10.1 Å². The molecule has 0 aromatic heterocycles. The van der Waals surface area contributed by atoms with Crippen molar-refractivity contribution in [2.75, 3.05) is 0 Å². The number of para-hydroxylation sites is 1. The number of hydrogen-bond acceptors (Lipinski definition) is 2. The summed E-state index contributed by atoms with van der Waals surface area (Å²) in [5.74, 6) is 0.525. The van der Waals surface area contributed by atoms with Crippen LogP contribution in [0.15, 0.2) is 48.5 Å². The summed E-state index contributed by atoms with van der Waals surface area (Å²) in [6.07, 6.45) is 0.0624. The Bertz CT molecular complexity index is 632. The normalized spacial score (nSPS) is 11.8. The zero-order valence-electron chi connectivity index (χ0n) is 12.2. The molecule has 2 aromatic rings. The Morgan fingerprint density at radius 1 is 1.14 bits per heavy atom. The van der Waals surface area contributed by atoms with E-state index < -0.39 is 6.10 Å². The summed E-state index contributed by atoms with van der Waals surface area (Å²) >= 11 is 11.8. The Morgan fingerprint density at radius 2 is 1.86 bits per heavy atom. The lowest BCUT2D eigenvalue weighted by molar-refractivity contribution is -0.128. The fourth-order valence-corrected chi connectivity index (χ4v) is 2.26. The summed E-state index contributed by atoms with van der Waals surface area (Å²) < 4.78 is 5.70. The Kier molecular flexibility index (Phi) is 6.10. The quantitative estimate of drug-likeness (QED) is 0.844. The Balaban J connectivity index is 1.93. The van der Waals surface area contributed by atoms with Gasteiger partial charge in [0.05, 0.1) is 10.0 Å². The number of hydrogen-bond donors (Lipinski definition) is 1. The van der Waals surface area contributed by atoms with Gasteiger partial charge in [-0.1, -0.05) is 54.4 Å². The van der Waals surface area contributed by atoms with Gasteiger partial charge >= 0.3 is 0 Å². The highest BCUT2D eigenvalue weighted by Crippen LogP contribution is 2.22. The molecule has 2 rings (SSSR count). The molecule has 2 aromatic carbocycles. The molecule has 0 bridgehead atoms. The third-order valence-corrected chi connectivity index (χ3v) is 3.87. The van der Waals surface area contributed by atoms with E-state index in [1.54, 1.807) is 12.1 Å². The van der Waals surface area contributed by atoms with Gasteiger partial charge in [0, 0.05) is 6.54 Å². The number of benzene rings is 2. The van der Waals surface area contributed by atoms with Gasteiger partial charge in [-0.15, -0.1) is 0 Å². The first kappa shape index (κ1) is 16.7. The van der Waals surface area contributed by atoms with Crippen molar-refractivity contribution in [1.29, 1.82) is 0 Å². The number of halogens is 2. The fraction of sp³-hybridized carbons (Fsp3) is 0.235. The number of amides is 1. The number of rotatable bonds is 6. The first-order chi connectivity index (χ1) is 10.6. The highest BCUT2D eigenvalue weighted by atomic mass is 35.5. The van der Waals surface area contributed by atoms with Gasteiger partial charge in [0.15, 0.2) is 6.10 Å². The van der Waals surface area contributed by atoms with Crippen molar-refractivity contribution in [2.24, 2.45) is 0 Å². The summed E-state index contributed by atoms with van der Waals surface area (Å²) in [5, 5.41) is 3.82. The molecule has 5 heteroatoms. The molecule has 0 saturated heterocycles. The van der Waals surface area contributed by atoms with Crippen molar-refractivity contribution in [2.45, 2.75) is 26.0 Å². The van der Waals surface area contributed by atoms with E-state index in [4.69, 9.17) is 27.9 Å². The van der Waals surface area contributed by atoms with Crippen molar-refractivity contribution in [3.05, 3.63) is 64.1 Å². The summed E-state index contributed by atoms with van der Waals surface area (Å²) in [6, 6.07) is 14.6. The largest absolute Gasteiger partial charge is 0.481 e. The molecule has 0 spiro atoms. The standard InChI is InChI=1S/C17H17Cl2NO2/c1-2-16(22-13-6-4-3-5-7-13)17(21)20-11-12-8-9-14(18)15(19)10-12/h3-10,16H,2,11H2,1H3,(H,20,21). The van der Waals surface area contributed by atoms with Crippen LogP contribution in [0.1, 0.15) is 18.9 Å². The van der Waals surface area contributed by atoms with E-state index in [9.17, 15) is 4.79 Å². The van der Waals surface area contributed by atoms with Crippen LogP contribution in [-0.4, -0.2) is 12.0 Å². The van der Waals surface area contributed by atoms with E-state index in [1.807, 2.05) is 43.3 Å². The molecule has 0 aliphatic carbocycles. The van der Waals surface area contributed by atoms with Crippen LogP contribution < -0.4 is 10.1 Å². The number of nitrogens with one attached hydrogen (secondary N) is 1. The van der Waals surface area contributed by atoms with Crippen molar-refractivity contribution >= 4 is 29.1 Å². The maximum atomic E-state index is 12.2. The lowest BCUT2D eigenvalue weighted by Crippen LogP contribution is -2.37. The minimum Gasteiger partial charge on any atom is -0.481 e. The Morgan fingerprint density at radius 3 is 2.50 bits per heavy atom. The average molecular weight is 338 g/mol. The van der Waals surface area contributed by atoms with Gasteiger partial charge in [0.1, 0.15) is 5.75 Å². The van der Waals surface area contributed by atoms with Crippen molar-refractivity contribution in [3.63, 3.8) is 0 Å². The minimum atomic E-state index is -0.523. The van der Waals surface area contributed by atoms with Crippen LogP contribution in [-0.2, 0) is 11.3 Å². The zero-order valence-corrected chi connectivity index (χ0v) is 13.7. The lowest BCUT2D eigenvalue weighted by atomic mass is 10.2. The van der Waals surface area contributed by atoms with Crippen LogP contribution in [0.2, 0.25) is 10.0 Å². The van der Waals surface area contributed by atoms with Crippen molar-refractivity contribution in [3.8, 4) is 5.75 Å². The molecule has 1 N–H and O–H groups in total. The van der Waals surface area contributed by atoms with Gasteiger partial charge in [-0.25, -0.2) is 0 Å². The highest BCUT2D eigenvalue weighted by molar-refractivity contribution is 6.42. The molecule has 22 heavy (non-hydrogen) atoms. The van der Waals surface area contributed by atoms with Crippen LogP contribution in [0.5, 0.6) is 5.75 Å². The van der Waals surface area contributed by atoms with Gasteiger partial charge in [0.2, 0.25) is 0 Å². The van der Waals surface area contributed by atoms with Gasteiger partial charge in [-0.05, 0) is 36.2 Å². The molecule has 3 nitrogen and oxygen atoms in total. The summed E-state index contributed by atoms with van der Waals surface area (Å²) in [5.41, 5.74) is 0.886. The van der Waals surface area contributed by atoms with Crippen LogP contribution in [0.25, 0.3) is 0 Å². The average Bonchev–Trinajstić information content (AvgIpc) is 2.54. The van der Waals surface area contributed by atoms with E-state index in [2.05, 4.69) is 5.32 Å². The SMILES string of the molecule is CCC(Oc1ccccc1)C(=O)NCc1ccc(Cl)c(Cl)c1. The molecule has 0 aliphatic rings. The van der Waals surface area contributed by atoms with Crippen LogP contribution in [0.3, 0.4) is 0 Å². The van der Waals surface area contributed by atoms with Gasteiger partial charge in [0.25, 0.3) is 5.91 Å². The summed E-state index contributed by atoms with van der Waals surface area (Å²) in [6.45, 7) is 2.29. The van der Waals surface area contributed by atoms with E-state index in [0.29, 0.717) is 28.8 Å². The number of ether oxygens (including phenoxy) is 1. The maximum absolute atomic E-state index is 12.2. The van der Waals surface area contributed by atoms with E-state index in [-0.39, 0.29) is 5.91 Å². The second-order valence-corrected chi connectivity index (χ2v) is 5.61. The lowest BCUT2D eigenvalue weighted by Gasteiger charge is -2.17. The number of carbonyl (C=O) groups is 1. The zero-order chi connectivity index (χ0) is 15.9. The van der Waals surface area contributed by atoms with Gasteiger partial charge in [-0.3, -0.25) is 4.79 Å². The first-order valence-electron chi connectivity index (χ1n) is 7.03. The highest BCUT2D eigenvalue weighted by Gasteiger charge is 2.17. The molecular formula is C17H17Cl2NO2. The minimum absolute atomic E-state index is 0.155. The van der Waals surface area contributed by atoms with E-state index in [1.165, 1.54) is 0 Å². The third kappa shape index (κ3) is 4.65. The molecular weight excluding hydrogens is 321 g/mol. The second-order valence-electron chi connectivity index (χ2n) is 4.79. The molecule has 0 radical (unpaired) electrons. The summed E-state index contributed by atoms with van der Waals surface area (Å²) in [4.78, 5) is 12.2. The molecule has 1 unspecified atom stereocenters. The van der Waals surface area contributed by atoms with Crippen LogP contribution in [0, 0.1) is 0 Å². The topological polar surface area (TPSA) is 38.3 Å². The fourth-order valence-electron chi connectivity index (χ4n) is 1.94. The Hall–Kier alpha value is -1.71. The molecule has 0 saturated carbocycles. The van der Waals surface area contributed by atoms with Crippen LogP contribution in [0.4, 0.5) is 0 Å². The van der Waals surface area contributed by atoms with Crippen LogP contribution >= 0.6 is 23.2 Å². The monoisotopic (exact) mass is 337 g/mol. The predicted octanol–water partition coefficient (Wildman–Crippen LogP) is 4.47. The smallest absolute Gasteiger partial charge is 0.261 e. The second kappa shape index (κ2) is 8.06. The van der Waals surface area contributed by atoms with Crippen molar-refractivity contribution < 1.29 is 9.53 Å². The molecule has 116 valence electrons. The number of carbonyl (C=O) groups excluding carboxylic acids is 1. The van der Waals surface area contributed by atoms with E-state index in [0.717, 1.165) is 5.56 Å². The molecule has 1 atom stereocenters. The third-order valence-electron chi connectivity index (χ3n) is 3.14. The molecule has 0 fully saturated rings. The summed E-state index contributed by atoms with van der Waals surface area (Å²) in [7, 11) is 0. The molecule has 0 heterocycles. The van der Waals surface area contributed by atoms with Crippen molar-refractivity contribution in [1.82, 2.24) is 5.32 Å². The Labute approximate surface area is 140 Å². The van der Waals surface area contributed by atoms with E-state index >= 15 is 0 Å². The molecule has 0 aliphatic heterocycles. The maximum Gasteiger partial charge on any atom is 0.261 e. The van der Waals surface area contributed by atoms with Gasteiger partial charge in [-0.2, -0.15) is 0 Å². The predicted molar refractivity (Wildman–Crippen MR) is 89.5 cm³/mol.